The average Bonchev–Trinajstić information content (AvgIpc) is 2.42. The third-order valence-corrected chi connectivity index (χ3v) is 4.43. The lowest BCUT2D eigenvalue weighted by atomic mass is 9.95. The van der Waals surface area contributed by atoms with Crippen LogP contribution in [-0.4, -0.2) is 5.11 Å². The Hall–Kier alpha value is -0.930. The quantitative estimate of drug-likeness (QED) is 0.779. The topological polar surface area (TPSA) is 29.5 Å². The van der Waals surface area contributed by atoms with E-state index in [4.69, 9.17) is 39.5 Å². The smallest absolute Gasteiger partial charge is 0.128 e. The molecule has 2 unspecified atom stereocenters. The molecule has 20 heavy (non-hydrogen) atoms. The summed E-state index contributed by atoms with van der Waals surface area (Å²) >= 11 is 18.2. The molecule has 3 rings (SSSR count). The molecular weight excluding hydrogens is 319 g/mol. The van der Waals surface area contributed by atoms with Gasteiger partial charge >= 0.3 is 0 Å². The maximum absolute atomic E-state index is 10.3. The lowest BCUT2D eigenvalue weighted by Crippen LogP contribution is -2.19. The van der Waals surface area contributed by atoms with Crippen molar-refractivity contribution >= 4 is 34.8 Å². The van der Waals surface area contributed by atoms with Crippen LogP contribution in [0.4, 0.5) is 0 Å². The monoisotopic (exact) mass is 328 g/mol. The molecule has 5 heteroatoms. The summed E-state index contributed by atoms with van der Waals surface area (Å²) in [6.07, 6.45) is -0.560. The average molecular weight is 330 g/mol. The van der Waals surface area contributed by atoms with Gasteiger partial charge in [-0.2, -0.15) is 0 Å². The fraction of sp³-hybridized carbons (Fsp3) is 0.200. The second kappa shape index (κ2) is 5.45. The van der Waals surface area contributed by atoms with Crippen molar-refractivity contribution < 1.29 is 9.84 Å². The molecule has 0 fully saturated rings. The van der Waals surface area contributed by atoms with E-state index in [0.29, 0.717) is 32.8 Å². The number of benzene rings is 2. The zero-order valence-electron chi connectivity index (χ0n) is 10.3. The summed E-state index contributed by atoms with van der Waals surface area (Å²) in [6.45, 7) is 0. The van der Waals surface area contributed by atoms with Crippen molar-refractivity contribution in [2.24, 2.45) is 0 Å². The van der Waals surface area contributed by atoms with Crippen molar-refractivity contribution in [1.29, 1.82) is 0 Å². The molecule has 1 aliphatic heterocycles. The van der Waals surface area contributed by atoms with Crippen molar-refractivity contribution in [2.75, 3.05) is 0 Å². The standard InChI is InChI=1S/C15H11Cl3O2/c16-8-4-5-13-10(6-8)12(19)7-14(20-13)9-2-1-3-11(17)15(9)18/h1-6,12,14,19H,7H2. The second-order valence-electron chi connectivity index (χ2n) is 4.68. The minimum atomic E-state index is -0.641. The SMILES string of the molecule is OC1CC(c2cccc(Cl)c2Cl)Oc2ccc(Cl)cc21. The summed E-state index contributed by atoms with van der Waals surface area (Å²) in [6, 6.07) is 10.6. The number of halogens is 3. The number of hydrogen-bond acceptors (Lipinski definition) is 2. The normalized spacial score (nSPS) is 21.2. The third kappa shape index (κ3) is 2.49. The third-order valence-electron chi connectivity index (χ3n) is 3.37. The second-order valence-corrected chi connectivity index (χ2v) is 5.90. The van der Waals surface area contributed by atoms with Gasteiger partial charge in [0.2, 0.25) is 0 Å². The lowest BCUT2D eigenvalue weighted by Gasteiger charge is -2.30. The van der Waals surface area contributed by atoms with Gasteiger partial charge in [-0.25, -0.2) is 0 Å². The summed E-state index contributed by atoms with van der Waals surface area (Å²) < 4.78 is 5.92. The van der Waals surface area contributed by atoms with Gasteiger partial charge in [-0.05, 0) is 24.3 Å². The van der Waals surface area contributed by atoms with E-state index in [9.17, 15) is 5.11 Å². The number of aliphatic hydroxyl groups is 1. The molecule has 0 saturated carbocycles. The van der Waals surface area contributed by atoms with Crippen LogP contribution < -0.4 is 4.74 Å². The molecule has 2 atom stereocenters. The molecule has 0 radical (unpaired) electrons. The largest absolute Gasteiger partial charge is 0.485 e. The van der Waals surface area contributed by atoms with Gasteiger partial charge in [0, 0.05) is 22.6 Å². The molecule has 1 aliphatic rings. The van der Waals surface area contributed by atoms with Crippen LogP contribution in [0.15, 0.2) is 36.4 Å². The Morgan fingerprint density at radius 3 is 2.65 bits per heavy atom. The molecule has 0 aliphatic carbocycles. The van der Waals surface area contributed by atoms with Crippen LogP contribution in [0.1, 0.15) is 29.8 Å². The summed E-state index contributed by atoms with van der Waals surface area (Å²) in [4.78, 5) is 0. The first kappa shape index (κ1) is 14.0. The number of aliphatic hydroxyl groups excluding tert-OH is 1. The molecule has 0 saturated heterocycles. The van der Waals surface area contributed by atoms with E-state index in [0.717, 1.165) is 5.56 Å². The molecule has 1 N–H and O–H groups in total. The molecule has 1 heterocycles. The van der Waals surface area contributed by atoms with E-state index in [1.807, 2.05) is 12.1 Å². The van der Waals surface area contributed by atoms with E-state index in [1.54, 1.807) is 24.3 Å². The van der Waals surface area contributed by atoms with Crippen LogP contribution in [-0.2, 0) is 0 Å². The van der Waals surface area contributed by atoms with E-state index in [1.165, 1.54) is 0 Å². The Labute approximate surface area is 131 Å². The number of ether oxygens (including phenoxy) is 1. The summed E-state index contributed by atoms with van der Waals surface area (Å²) in [5, 5.41) is 11.8. The Balaban J connectivity index is 1.99. The summed E-state index contributed by atoms with van der Waals surface area (Å²) in [5.41, 5.74) is 1.48. The summed E-state index contributed by atoms with van der Waals surface area (Å²) in [5.74, 6) is 0.620. The van der Waals surface area contributed by atoms with Crippen LogP contribution >= 0.6 is 34.8 Å². The first-order chi connectivity index (χ1) is 9.56. The Morgan fingerprint density at radius 2 is 1.85 bits per heavy atom. The highest BCUT2D eigenvalue weighted by molar-refractivity contribution is 6.42. The van der Waals surface area contributed by atoms with Crippen molar-refractivity contribution in [3.63, 3.8) is 0 Å². The van der Waals surface area contributed by atoms with Gasteiger partial charge in [0.1, 0.15) is 11.9 Å². The van der Waals surface area contributed by atoms with Gasteiger partial charge < -0.3 is 9.84 Å². The van der Waals surface area contributed by atoms with Crippen molar-refractivity contribution in [3.05, 3.63) is 62.6 Å². The Bertz CT molecular complexity index is 658. The zero-order valence-corrected chi connectivity index (χ0v) is 12.6. The van der Waals surface area contributed by atoms with Crippen molar-refractivity contribution in [2.45, 2.75) is 18.6 Å². The van der Waals surface area contributed by atoms with E-state index < -0.39 is 6.10 Å². The highest BCUT2D eigenvalue weighted by Crippen LogP contribution is 2.44. The van der Waals surface area contributed by atoms with Gasteiger partial charge in [-0.3, -0.25) is 0 Å². The zero-order chi connectivity index (χ0) is 14.3. The molecule has 2 aromatic rings. The van der Waals surface area contributed by atoms with Crippen molar-refractivity contribution in [3.8, 4) is 5.75 Å². The van der Waals surface area contributed by atoms with E-state index in [2.05, 4.69) is 0 Å². The first-order valence-corrected chi connectivity index (χ1v) is 7.27. The van der Waals surface area contributed by atoms with Gasteiger partial charge in [-0.1, -0.05) is 46.9 Å². The fourth-order valence-corrected chi connectivity index (χ4v) is 2.99. The summed E-state index contributed by atoms with van der Waals surface area (Å²) in [7, 11) is 0. The lowest BCUT2D eigenvalue weighted by molar-refractivity contribution is 0.0658. The van der Waals surface area contributed by atoms with Gasteiger partial charge in [0.25, 0.3) is 0 Å². The fourth-order valence-electron chi connectivity index (χ4n) is 2.38. The number of rotatable bonds is 1. The van der Waals surface area contributed by atoms with Crippen LogP contribution in [0.2, 0.25) is 15.1 Å². The van der Waals surface area contributed by atoms with Crippen LogP contribution in [0.3, 0.4) is 0 Å². The van der Waals surface area contributed by atoms with Gasteiger partial charge in [0.05, 0.1) is 16.1 Å². The number of hydrogen-bond donors (Lipinski definition) is 1. The molecule has 2 nitrogen and oxygen atoms in total. The predicted octanol–water partition coefficient (Wildman–Crippen LogP) is 5.20. The van der Waals surface area contributed by atoms with Gasteiger partial charge in [-0.15, -0.1) is 0 Å². The maximum Gasteiger partial charge on any atom is 0.128 e. The number of fused-ring (bicyclic) bond motifs is 1. The van der Waals surface area contributed by atoms with Crippen LogP contribution in [0.5, 0.6) is 5.75 Å². The predicted molar refractivity (Wildman–Crippen MR) is 80.9 cm³/mol. The maximum atomic E-state index is 10.3. The molecule has 2 aromatic carbocycles. The van der Waals surface area contributed by atoms with Crippen molar-refractivity contribution in [1.82, 2.24) is 0 Å². The molecule has 0 bridgehead atoms. The van der Waals surface area contributed by atoms with Crippen LogP contribution in [0, 0.1) is 0 Å². The highest BCUT2D eigenvalue weighted by atomic mass is 35.5. The minimum absolute atomic E-state index is 0.329. The Kier molecular flexibility index (Phi) is 3.83. The highest BCUT2D eigenvalue weighted by Gasteiger charge is 2.29. The molecule has 0 amide bonds. The Morgan fingerprint density at radius 1 is 1.05 bits per heavy atom. The van der Waals surface area contributed by atoms with E-state index >= 15 is 0 Å². The van der Waals surface area contributed by atoms with Gasteiger partial charge in [0.15, 0.2) is 0 Å². The molecule has 0 aromatic heterocycles. The molecular formula is C15H11Cl3O2. The minimum Gasteiger partial charge on any atom is -0.485 e. The van der Waals surface area contributed by atoms with E-state index in [-0.39, 0.29) is 6.10 Å². The molecule has 104 valence electrons. The molecule has 0 spiro atoms. The first-order valence-electron chi connectivity index (χ1n) is 6.14. The van der Waals surface area contributed by atoms with Crippen LogP contribution in [0.25, 0.3) is 0 Å².